The van der Waals surface area contributed by atoms with E-state index < -0.39 is 4.92 Å². The number of nitrogen functional groups attached to an aromatic ring is 1. The summed E-state index contributed by atoms with van der Waals surface area (Å²) in [6.45, 7) is 0. The first-order valence-electron chi connectivity index (χ1n) is 6.94. The van der Waals surface area contributed by atoms with E-state index in [0.717, 1.165) is 0 Å². The van der Waals surface area contributed by atoms with E-state index in [1.165, 1.54) is 50.6 Å². The van der Waals surface area contributed by atoms with E-state index in [2.05, 4.69) is 0 Å². The average Bonchev–Trinajstić information content (AvgIpc) is 2.59. The van der Waals surface area contributed by atoms with Gasteiger partial charge in [-0.2, -0.15) is 0 Å². The van der Waals surface area contributed by atoms with Gasteiger partial charge >= 0.3 is 0 Å². The van der Waals surface area contributed by atoms with Crippen molar-refractivity contribution in [3.8, 4) is 11.5 Å². The summed E-state index contributed by atoms with van der Waals surface area (Å²) >= 11 is 0. The fourth-order valence-electron chi connectivity index (χ4n) is 2.11. The summed E-state index contributed by atoms with van der Waals surface area (Å²) in [5.74, 6) is 0.466. The molecule has 0 unspecified atom stereocenters. The number of hydrogen-bond acceptors (Lipinski definition) is 6. The number of methoxy groups -OCH3 is 2. The Kier molecular flexibility index (Phi) is 5.16. The number of ether oxygens (including phenoxy) is 2. The van der Waals surface area contributed by atoms with Crippen LogP contribution >= 0.6 is 0 Å². The number of rotatable bonds is 6. The van der Waals surface area contributed by atoms with Gasteiger partial charge in [-0.15, -0.1) is 0 Å². The topological polar surface area (TPSA) is 105 Å². The Hall–Kier alpha value is -3.35. The Balaban J connectivity index is 2.29. The molecule has 7 heteroatoms. The van der Waals surface area contributed by atoms with Crippen molar-refractivity contribution < 1.29 is 19.2 Å². The highest BCUT2D eigenvalue weighted by Gasteiger charge is 2.13. The van der Waals surface area contributed by atoms with Crippen molar-refractivity contribution in [3.05, 3.63) is 63.7 Å². The zero-order chi connectivity index (χ0) is 17.7. The minimum atomic E-state index is -0.495. The molecule has 0 fully saturated rings. The number of carbonyl (C=O) groups excluding carboxylic acids is 1. The van der Waals surface area contributed by atoms with Gasteiger partial charge in [-0.3, -0.25) is 14.9 Å². The number of hydrogen-bond donors (Lipinski definition) is 1. The predicted molar refractivity (Wildman–Crippen MR) is 90.4 cm³/mol. The number of benzene rings is 2. The van der Waals surface area contributed by atoms with E-state index in [9.17, 15) is 14.9 Å². The summed E-state index contributed by atoms with van der Waals surface area (Å²) < 4.78 is 10.3. The number of nitro groups is 1. The van der Waals surface area contributed by atoms with E-state index in [-0.39, 0.29) is 22.7 Å². The molecule has 2 rings (SSSR count). The molecule has 7 nitrogen and oxygen atoms in total. The molecule has 0 spiro atoms. The number of non-ortho nitro benzene ring substituents is 1. The van der Waals surface area contributed by atoms with Gasteiger partial charge in [-0.1, -0.05) is 18.2 Å². The Morgan fingerprint density at radius 2 is 1.83 bits per heavy atom. The maximum Gasteiger partial charge on any atom is 0.270 e. The lowest BCUT2D eigenvalue weighted by Crippen LogP contribution is -2.03. The van der Waals surface area contributed by atoms with E-state index >= 15 is 0 Å². The van der Waals surface area contributed by atoms with Crippen LogP contribution in [0.25, 0.3) is 6.08 Å². The molecule has 0 aromatic heterocycles. The quantitative estimate of drug-likeness (QED) is 0.287. The molecule has 0 saturated carbocycles. The largest absolute Gasteiger partial charge is 0.493 e. The monoisotopic (exact) mass is 328 g/mol. The van der Waals surface area contributed by atoms with Gasteiger partial charge in [0, 0.05) is 29.4 Å². The van der Waals surface area contributed by atoms with Crippen LogP contribution in [0.3, 0.4) is 0 Å². The first kappa shape index (κ1) is 17.0. The first-order chi connectivity index (χ1) is 11.5. The van der Waals surface area contributed by atoms with Gasteiger partial charge in [0.05, 0.1) is 19.1 Å². The minimum absolute atomic E-state index is 0.0461. The summed E-state index contributed by atoms with van der Waals surface area (Å²) in [5.41, 5.74) is 6.88. The molecule has 2 aromatic rings. The Labute approximate surface area is 138 Å². The van der Waals surface area contributed by atoms with Crippen molar-refractivity contribution >= 4 is 23.2 Å². The third-order valence-electron chi connectivity index (χ3n) is 3.33. The molecule has 0 saturated heterocycles. The Bertz CT molecular complexity index is 815. The van der Waals surface area contributed by atoms with Crippen LogP contribution in [0.1, 0.15) is 15.9 Å². The molecular weight excluding hydrogens is 312 g/mol. The summed E-state index contributed by atoms with van der Waals surface area (Å²) in [4.78, 5) is 22.6. The fraction of sp³-hybridized carbons (Fsp3) is 0.118. The third-order valence-corrected chi connectivity index (χ3v) is 3.33. The normalized spacial score (nSPS) is 10.6. The lowest BCUT2D eigenvalue weighted by molar-refractivity contribution is -0.384. The Morgan fingerprint density at radius 1 is 1.17 bits per heavy atom. The molecule has 0 radical (unpaired) electrons. The van der Waals surface area contributed by atoms with E-state index in [1.807, 2.05) is 0 Å². The highest BCUT2D eigenvalue weighted by atomic mass is 16.6. The molecule has 0 amide bonds. The molecule has 0 aliphatic rings. The lowest BCUT2D eigenvalue weighted by Gasteiger charge is -2.10. The molecule has 2 aromatic carbocycles. The third kappa shape index (κ3) is 3.70. The molecule has 2 N–H and O–H groups in total. The Morgan fingerprint density at radius 3 is 2.46 bits per heavy atom. The van der Waals surface area contributed by atoms with E-state index in [1.54, 1.807) is 12.1 Å². The van der Waals surface area contributed by atoms with Crippen LogP contribution in [-0.2, 0) is 0 Å². The van der Waals surface area contributed by atoms with Crippen LogP contribution in [0.2, 0.25) is 0 Å². The lowest BCUT2D eigenvalue weighted by atomic mass is 10.1. The minimum Gasteiger partial charge on any atom is -0.493 e. The van der Waals surface area contributed by atoms with Gasteiger partial charge in [0.2, 0.25) is 0 Å². The van der Waals surface area contributed by atoms with Crippen LogP contribution in [0.5, 0.6) is 11.5 Å². The number of nitrogens with two attached hydrogens (primary N) is 1. The zero-order valence-electron chi connectivity index (χ0n) is 13.2. The van der Waals surface area contributed by atoms with Crippen molar-refractivity contribution in [2.45, 2.75) is 0 Å². The van der Waals surface area contributed by atoms with Crippen LogP contribution in [0.15, 0.2) is 42.5 Å². The van der Waals surface area contributed by atoms with Gasteiger partial charge in [0.1, 0.15) is 0 Å². The summed E-state index contributed by atoms with van der Waals surface area (Å²) in [6, 6.07) is 8.97. The second-order valence-corrected chi connectivity index (χ2v) is 4.84. The van der Waals surface area contributed by atoms with Crippen LogP contribution in [-0.4, -0.2) is 24.9 Å². The van der Waals surface area contributed by atoms with Gasteiger partial charge < -0.3 is 15.2 Å². The van der Waals surface area contributed by atoms with E-state index in [0.29, 0.717) is 17.1 Å². The van der Waals surface area contributed by atoms with Gasteiger partial charge in [0.25, 0.3) is 5.69 Å². The van der Waals surface area contributed by atoms with Crippen LogP contribution < -0.4 is 15.2 Å². The number of nitro benzene ring substituents is 1. The smallest absolute Gasteiger partial charge is 0.270 e. The summed E-state index contributed by atoms with van der Waals surface area (Å²) in [7, 11) is 2.93. The van der Waals surface area contributed by atoms with Crippen molar-refractivity contribution in [2.75, 3.05) is 20.0 Å². The molecule has 24 heavy (non-hydrogen) atoms. The molecule has 0 aliphatic carbocycles. The highest BCUT2D eigenvalue weighted by Crippen LogP contribution is 2.32. The first-order valence-corrected chi connectivity index (χ1v) is 6.94. The van der Waals surface area contributed by atoms with Gasteiger partial charge in [-0.25, -0.2) is 0 Å². The van der Waals surface area contributed by atoms with Crippen molar-refractivity contribution in [1.82, 2.24) is 0 Å². The fourth-order valence-corrected chi connectivity index (χ4v) is 2.11. The van der Waals surface area contributed by atoms with Crippen LogP contribution in [0, 0.1) is 10.1 Å². The molecule has 0 atom stereocenters. The second kappa shape index (κ2) is 7.28. The zero-order valence-corrected chi connectivity index (χ0v) is 13.2. The molecule has 0 bridgehead atoms. The molecule has 0 aliphatic heterocycles. The SMILES string of the molecule is COc1cc(N)c(C(=O)/C=C/c2cccc([N+](=O)[O-])c2)cc1OC. The maximum atomic E-state index is 12.3. The van der Waals surface area contributed by atoms with Crippen molar-refractivity contribution in [3.63, 3.8) is 0 Å². The maximum absolute atomic E-state index is 12.3. The highest BCUT2D eigenvalue weighted by molar-refractivity contribution is 6.10. The standard InChI is InChI=1S/C17H16N2O5/c1-23-16-9-13(14(18)10-17(16)24-2)15(20)7-6-11-4-3-5-12(8-11)19(21)22/h3-10H,18H2,1-2H3/b7-6+. The van der Waals surface area contributed by atoms with Crippen molar-refractivity contribution in [1.29, 1.82) is 0 Å². The van der Waals surface area contributed by atoms with Crippen molar-refractivity contribution in [2.24, 2.45) is 0 Å². The number of ketones is 1. The number of carbonyl (C=O) groups is 1. The second-order valence-electron chi connectivity index (χ2n) is 4.84. The number of allylic oxidation sites excluding steroid dienone is 1. The molecular formula is C17H16N2O5. The summed E-state index contributed by atoms with van der Waals surface area (Å²) in [6.07, 6.45) is 2.79. The summed E-state index contributed by atoms with van der Waals surface area (Å²) in [5, 5.41) is 10.8. The number of nitrogens with zero attached hydrogens (tertiary/aromatic N) is 1. The predicted octanol–water partition coefficient (Wildman–Crippen LogP) is 3.09. The van der Waals surface area contributed by atoms with Crippen LogP contribution in [0.4, 0.5) is 11.4 Å². The molecule has 0 heterocycles. The number of anilines is 1. The average molecular weight is 328 g/mol. The van der Waals surface area contributed by atoms with Gasteiger partial charge in [-0.05, 0) is 17.7 Å². The molecule has 124 valence electrons. The van der Waals surface area contributed by atoms with Gasteiger partial charge in [0.15, 0.2) is 17.3 Å². The van der Waals surface area contributed by atoms with E-state index in [4.69, 9.17) is 15.2 Å².